The fraction of sp³-hybridized carbons (Fsp3) is 0.227. The maximum absolute atomic E-state index is 12.3. The van der Waals surface area contributed by atoms with Gasteiger partial charge in [0.25, 0.3) is 0 Å². The van der Waals surface area contributed by atoms with E-state index in [4.69, 9.17) is 18.9 Å². The SMILES string of the molecule is COc1ccc(C(=O)COC(=O)c2ccc(OCc3csc(C)n3)cc2)cc1OC. The molecule has 0 unspecified atom stereocenters. The number of Topliss-reactive ketones (excluding diaryl/α,β-unsaturated/α-hetero) is 1. The van der Waals surface area contributed by atoms with Gasteiger partial charge in [-0.05, 0) is 49.4 Å². The van der Waals surface area contributed by atoms with Gasteiger partial charge in [-0.25, -0.2) is 9.78 Å². The molecule has 3 rings (SSSR count). The van der Waals surface area contributed by atoms with Crippen LogP contribution in [0, 0.1) is 6.92 Å². The van der Waals surface area contributed by atoms with Gasteiger partial charge in [0.2, 0.25) is 0 Å². The lowest BCUT2D eigenvalue weighted by Crippen LogP contribution is -2.14. The molecule has 0 amide bonds. The van der Waals surface area contributed by atoms with Crippen LogP contribution in [0.5, 0.6) is 17.2 Å². The van der Waals surface area contributed by atoms with E-state index >= 15 is 0 Å². The van der Waals surface area contributed by atoms with Crippen LogP contribution < -0.4 is 14.2 Å². The van der Waals surface area contributed by atoms with Gasteiger partial charge in [0.1, 0.15) is 12.4 Å². The van der Waals surface area contributed by atoms with E-state index in [0.29, 0.717) is 35.0 Å². The molecule has 30 heavy (non-hydrogen) atoms. The van der Waals surface area contributed by atoms with Crippen LogP contribution in [0.15, 0.2) is 47.8 Å². The Kier molecular flexibility index (Phi) is 7.03. The third kappa shape index (κ3) is 5.36. The largest absolute Gasteiger partial charge is 0.493 e. The number of aromatic nitrogens is 1. The Balaban J connectivity index is 1.53. The van der Waals surface area contributed by atoms with Gasteiger partial charge in [0.05, 0.1) is 30.5 Å². The molecule has 0 spiro atoms. The first-order valence-electron chi connectivity index (χ1n) is 9.06. The van der Waals surface area contributed by atoms with E-state index in [2.05, 4.69) is 4.98 Å². The molecule has 7 nitrogen and oxygen atoms in total. The van der Waals surface area contributed by atoms with Crippen LogP contribution in [0.2, 0.25) is 0 Å². The van der Waals surface area contributed by atoms with E-state index in [1.807, 2.05) is 12.3 Å². The van der Waals surface area contributed by atoms with Crippen LogP contribution in [-0.2, 0) is 11.3 Å². The highest BCUT2D eigenvalue weighted by Crippen LogP contribution is 2.27. The van der Waals surface area contributed by atoms with Gasteiger partial charge >= 0.3 is 5.97 Å². The molecule has 0 saturated carbocycles. The second-order valence-electron chi connectivity index (χ2n) is 6.24. The number of hydrogen-bond acceptors (Lipinski definition) is 8. The lowest BCUT2D eigenvalue weighted by Gasteiger charge is -2.09. The third-order valence-corrected chi connectivity index (χ3v) is 5.01. The summed E-state index contributed by atoms with van der Waals surface area (Å²) in [4.78, 5) is 28.9. The van der Waals surface area contributed by atoms with Gasteiger partial charge in [0.15, 0.2) is 23.9 Å². The number of carbonyl (C=O) groups excluding carboxylic acids is 2. The van der Waals surface area contributed by atoms with Gasteiger partial charge in [-0.15, -0.1) is 11.3 Å². The molecule has 0 aliphatic heterocycles. The van der Waals surface area contributed by atoms with Gasteiger partial charge in [-0.2, -0.15) is 0 Å². The minimum absolute atomic E-state index is 0.326. The second-order valence-corrected chi connectivity index (χ2v) is 7.30. The fourth-order valence-electron chi connectivity index (χ4n) is 2.63. The Morgan fingerprint density at radius 3 is 2.30 bits per heavy atom. The van der Waals surface area contributed by atoms with Crippen molar-refractivity contribution in [1.29, 1.82) is 0 Å². The summed E-state index contributed by atoms with van der Waals surface area (Å²) in [6.45, 7) is 1.91. The van der Waals surface area contributed by atoms with Crippen molar-refractivity contribution in [2.75, 3.05) is 20.8 Å². The zero-order chi connectivity index (χ0) is 21.5. The van der Waals surface area contributed by atoms with Crippen molar-refractivity contribution in [3.05, 3.63) is 69.7 Å². The van der Waals surface area contributed by atoms with Crippen LogP contribution >= 0.6 is 11.3 Å². The van der Waals surface area contributed by atoms with E-state index < -0.39 is 5.97 Å². The predicted molar refractivity (Wildman–Crippen MR) is 112 cm³/mol. The first-order chi connectivity index (χ1) is 14.5. The number of hydrogen-bond donors (Lipinski definition) is 0. The Morgan fingerprint density at radius 1 is 0.967 bits per heavy atom. The highest BCUT2D eigenvalue weighted by atomic mass is 32.1. The lowest BCUT2D eigenvalue weighted by atomic mass is 10.1. The summed E-state index contributed by atoms with van der Waals surface area (Å²) >= 11 is 1.56. The number of thiazole rings is 1. The summed E-state index contributed by atoms with van der Waals surface area (Å²) in [6, 6.07) is 11.3. The van der Waals surface area contributed by atoms with Crippen molar-refractivity contribution in [3.8, 4) is 17.2 Å². The lowest BCUT2D eigenvalue weighted by molar-refractivity contribution is 0.0474. The first kappa shape index (κ1) is 21.3. The summed E-state index contributed by atoms with van der Waals surface area (Å²) in [5.41, 5.74) is 1.54. The number of esters is 1. The van der Waals surface area contributed by atoms with Crippen LogP contribution in [0.4, 0.5) is 0 Å². The van der Waals surface area contributed by atoms with Crippen LogP contribution in [0.1, 0.15) is 31.4 Å². The molecule has 2 aromatic carbocycles. The molecule has 0 radical (unpaired) electrons. The molecule has 0 saturated heterocycles. The van der Waals surface area contributed by atoms with Gasteiger partial charge in [-0.3, -0.25) is 4.79 Å². The molecule has 0 N–H and O–H groups in total. The standard InChI is InChI=1S/C22H21NO6S/c1-14-23-17(13-30-14)11-28-18-7-4-15(5-8-18)22(25)29-12-19(24)16-6-9-20(26-2)21(10-16)27-3/h4-10,13H,11-12H2,1-3H3. The molecule has 0 bridgehead atoms. The van der Waals surface area contributed by atoms with E-state index in [1.165, 1.54) is 14.2 Å². The number of ketones is 1. The van der Waals surface area contributed by atoms with Crippen LogP contribution in [0.25, 0.3) is 0 Å². The quantitative estimate of drug-likeness (QED) is 0.376. The second kappa shape index (κ2) is 9.89. The number of aryl methyl sites for hydroxylation is 1. The van der Waals surface area contributed by atoms with Crippen LogP contribution in [0.3, 0.4) is 0 Å². The van der Waals surface area contributed by atoms with Crippen molar-refractivity contribution in [2.45, 2.75) is 13.5 Å². The maximum atomic E-state index is 12.3. The number of methoxy groups -OCH3 is 2. The van der Waals surface area contributed by atoms with E-state index in [0.717, 1.165) is 10.7 Å². The molecule has 156 valence electrons. The fourth-order valence-corrected chi connectivity index (χ4v) is 3.22. The maximum Gasteiger partial charge on any atom is 0.338 e. The third-order valence-electron chi connectivity index (χ3n) is 4.18. The number of benzene rings is 2. The minimum atomic E-state index is -0.592. The Hall–Kier alpha value is -3.39. The van der Waals surface area contributed by atoms with Crippen molar-refractivity contribution in [2.24, 2.45) is 0 Å². The number of carbonyl (C=O) groups is 2. The number of ether oxygens (including phenoxy) is 4. The molecule has 3 aromatic rings. The van der Waals surface area contributed by atoms with E-state index in [-0.39, 0.29) is 12.4 Å². The topological polar surface area (TPSA) is 84.0 Å². The number of rotatable bonds is 9. The Labute approximate surface area is 178 Å². The molecular weight excluding hydrogens is 406 g/mol. The monoisotopic (exact) mass is 427 g/mol. The molecule has 0 aliphatic rings. The van der Waals surface area contributed by atoms with Crippen molar-refractivity contribution >= 4 is 23.1 Å². The van der Waals surface area contributed by atoms with Gasteiger partial charge in [-0.1, -0.05) is 0 Å². The summed E-state index contributed by atoms with van der Waals surface area (Å²) in [5.74, 6) is 0.614. The molecule has 0 atom stereocenters. The summed E-state index contributed by atoms with van der Waals surface area (Å²) in [5, 5.41) is 2.92. The van der Waals surface area contributed by atoms with E-state index in [9.17, 15) is 9.59 Å². The average molecular weight is 427 g/mol. The summed E-state index contributed by atoms with van der Waals surface area (Å²) in [6.07, 6.45) is 0. The highest BCUT2D eigenvalue weighted by Gasteiger charge is 2.14. The summed E-state index contributed by atoms with van der Waals surface area (Å²) < 4.78 is 21.1. The smallest absolute Gasteiger partial charge is 0.338 e. The zero-order valence-corrected chi connectivity index (χ0v) is 17.7. The molecule has 0 fully saturated rings. The Bertz CT molecular complexity index is 1030. The molecule has 1 heterocycles. The first-order valence-corrected chi connectivity index (χ1v) is 9.94. The van der Waals surface area contributed by atoms with Crippen molar-refractivity contribution in [3.63, 3.8) is 0 Å². The number of nitrogens with zero attached hydrogens (tertiary/aromatic N) is 1. The Morgan fingerprint density at radius 2 is 1.67 bits per heavy atom. The van der Waals surface area contributed by atoms with E-state index in [1.54, 1.807) is 53.8 Å². The van der Waals surface area contributed by atoms with Crippen molar-refractivity contribution < 1.29 is 28.5 Å². The zero-order valence-electron chi connectivity index (χ0n) is 16.8. The molecule has 0 aliphatic carbocycles. The van der Waals surface area contributed by atoms with Gasteiger partial charge in [0, 0.05) is 10.9 Å². The minimum Gasteiger partial charge on any atom is -0.493 e. The normalized spacial score (nSPS) is 10.4. The molecular formula is C22H21NO6S. The average Bonchev–Trinajstić information content (AvgIpc) is 3.20. The molecule has 1 aromatic heterocycles. The predicted octanol–water partition coefficient (Wildman–Crippen LogP) is 4.09. The van der Waals surface area contributed by atoms with Crippen LogP contribution in [-0.4, -0.2) is 37.6 Å². The van der Waals surface area contributed by atoms with Gasteiger partial charge < -0.3 is 18.9 Å². The highest BCUT2D eigenvalue weighted by molar-refractivity contribution is 7.09. The molecule has 8 heteroatoms. The van der Waals surface area contributed by atoms with Crippen molar-refractivity contribution in [1.82, 2.24) is 4.98 Å². The summed E-state index contributed by atoms with van der Waals surface area (Å²) in [7, 11) is 2.99.